The molecular formula is C48H80N2O36S2. The number of aliphatic carboxylic acids is 2. The molecule has 0 spiro atoms. The number of fused-ring (bicyclic) bond motifs is 2. The molecule has 0 amide bonds. The van der Waals surface area contributed by atoms with Crippen LogP contribution in [-0.2, 0) is 75.9 Å². The number of carbonyl (C=O) groups is 2. The van der Waals surface area contributed by atoms with Gasteiger partial charge in [-0.2, -0.15) is 23.5 Å². The van der Waals surface area contributed by atoms with E-state index < -0.39 is 266 Å². The summed E-state index contributed by atoms with van der Waals surface area (Å²) in [6.45, 7) is -4.97. The number of nitrogens with two attached hydrogens (primary N) is 2. The molecule has 8 aliphatic rings. The summed E-state index contributed by atoms with van der Waals surface area (Å²) < 4.78 is 81.2. The minimum atomic E-state index is -2.23. The molecule has 14 unspecified atom stereocenters. The highest BCUT2D eigenvalue weighted by Crippen LogP contribution is 2.41. The van der Waals surface area contributed by atoms with Gasteiger partial charge in [-0.15, -0.1) is 0 Å². The van der Waals surface area contributed by atoms with Crippen LogP contribution in [-0.4, -0.2) is 397 Å². The van der Waals surface area contributed by atoms with E-state index in [0.29, 0.717) is 0 Å². The van der Waals surface area contributed by atoms with Gasteiger partial charge >= 0.3 is 11.9 Å². The third-order valence-electron chi connectivity index (χ3n) is 16.2. The predicted molar refractivity (Wildman–Crippen MR) is 279 cm³/mol. The Hall–Kier alpha value is -1.72. The summed E-state index contributed by atoms with van der Waals surface area (Å²) in [6.07, 6.45) is -60.6. The molecule has 88 heavy (non-hydrogen) atoms. The maximum Gasteiger partial charge on any atom is 0.321 e. The van der Waals surface area contributed by atoms with E-state index in [1.165, 1.54) is 0 Å². The van der Waals surface area contributed by atoms with Crippen molar-refractivity contribution >= 4 is 35.5 Å². The molecule has 8 heterocycles. The van der Waals surface area contributed by atoms with Crippen LogP contribution in [0.25, 0.3) is 0 Å². The second-order valence-corrected chi connectivity index (χ2v) is 24.3. The van der Waals surface area contributed by atoms with Gasteiger partial charge in [0.05, 0.1) is 51.8 Å². The lowest BCUT2D eigenvalue weighted by Gasteiger charge is -2.54. The number of ether oxygens (including phenoxy) is 14. The first kappa shape index (κ1) is 72.1. The molecule has 38 nitrogen and oxygen atoms in total. The largest absolute Gasteiger partial charge is 0.480 e. The predicted octanol–water partition coefficient (Wildman–Crippen LogP) is -14.2. The Balaban J connectivity index is 0.908. The summed E-state index contributed by atoms with van der Waals surface area (Å²) in [5.41, 5.74) is 11.3. The van der Waals surface area contributed by atoms with E-state index in [-0.39, 0.29) is 29.6 Å². The van der Waals surface area contributed by atoms with Gasteiger partial charge < -0.3 is 180 Å². The number of hydrogen-bond donors (Lipinski definition) is 22. The van der Waals surface area contributed by atoms with Crippen molar-refractivity contribution < 1.29 is 178 Å². The number of hydrogen-bond acceptors (Lipinski definition) is 38. The van der Waals surface area contributed by atoms with Gasteiger partial charge in [0, 0.05) is 23.0 Å². The number of carboxylic acid groups (broad SMARTS) is 2. The topological polar surface area (TPSA) is 620 Å². The van der Waals surface area contributed by atoms with Crippen LogP contribution < -0.4 is 11.5 Å². The molecule has 40 heteroatoms. The van der Waals surface area contributed by atoms with E-state index in [0.717, 1.165) is 23.5 Å². The number of aliphatic hydroxyl groups is 18. The van der Waals surface area contributed by atoms with Crippen molar-refractivity contribution in [3.63, 3.8) is 0 Å². The van der Waals surface area contributed by atoms with Crippen molar-refractivity contribution in [2.75, 3.05) is 62.7 Å². The summed E-state index contributed by atoms with van der Waals surface area (Å²) in [4.78, 5) is 22.8. The summed E-state index contributed by atoms with van der Waals surface area (Å²) in [6, 6.07) is -2.69. The quantitative estimate of drug-likeness (QED) is 0.0404. The van der Waals surface area contributed by atoms with Gasteiger partial charge in [-0.25, -0.2) is 0 Å². The van der Waals surface area contributed by atoms with Gasteiger partial charge in [0.2, 0.25) is 0 Å². The van der Waals surface area contributed by atoms with Crippen LogP contribution in [0, 0.1) is 0 Å². The minimum Gasteiger partial charge on any atom is -0.480 e. The van der Waals surface area contributed by atoms with Crippen molar-refractivity contribution in [1.29, 1.82) is 0 Å². The van der Waals surface area contributed by atoms with Gasteiger partial charge in [-0.3, -0.25) is 9.59 Å². The van der Waals surface area contributed by atoms with Crippen LogP contribution >= 0.6 is 23.5 Å². The number of rotatable bonds is 25. The Morgan fingerprint density at radius 2 is 0.727 bits per heavy atom. The molecule has 0 radical (unpaired) electrons. The summed E-state index contributed by atoms with van der Waals surface area (Å²) in [5.74, 6) is -3.47. The average Bonchev–Trinajstić information content (AvgIpc) is 0.958. The maximum atomic E-state index is 11.7. The first-order valence-corrected chi connectivity index (χ1v) is 30.2. The van der Waals surface area contributed by atoms with Crippen molar-refractivity contribution in [3.05, 3.63) is 0 Å². The molecule has 8 fully saturated rings. The van der Waals surface area contributed by atoms with Crippen molar-refractivity contribution in [1.82, 2.24) is 0 Å². The molecule has 0 aromatic carbocycles. The zero-order valence-corrected chi connectivity index (χ0v) is 47.9. The highest BCUT2D eigenvalue weighted by molar-refractivity contribution is 7.99. The molecule has 0 bridgehead atoms. The fourth-order valence-corrected chi connectivity index (χ4v) is 13.2. The van der Waals surface area contributed by atoms with Gasteiger partial charge in [0.15, 0.2) is 37.7 Å². The number of aliphatic hydroxyl groups excluding tert-OH is 18. The normalized spacial score (nSPS) is 49.0. The van der Waals surface area contributed by atoms with Crippen LogP contribution in [0.2, 0.25) is 0 Å². The lowest BCUT2D eigenvalue weighted by molar-refractivity contribution is -0.421. The average molecular weight is 1330 g/mol. The minimum absolute atomic E-state index is 0.0451. The van der Waals surface area contributed by atoms with E-state index >= 15 is 0 Å². The third kappa shape index (κ3) is 15.6. The molecule has 8 aliphatic heterocycles. The standard InChI is InChI=1S/C48H80N2O36S2/c49-11(41(69)70)7-87-9-19-22(58)23(59)40-48(78-19)86-38-18(5-55)77-47(32(68)39(38)80-40)84-36-17(4-54)76-45(30(66)26(36)62)85-37-20(10-88-8-12(50)42(71)72)79-46(31(67)27(37)63)83-35-16(3-53)75-44(29(65)25(35)61)82-34-15(2-52)74-43(28(64)24(34)60)81-33-14(1-51)73-6-13(56)21(33)57/h11-40,43-48,51-68H,1-10,49-50H2,(H,69,70)(H,71,72)/t11-,12-,13?,14?,15?,16?,17?,18?,19?,20?,21-,22-,23+,24?,25?,26-,27?,28+,29+,30?,31+,32+,33-,34-,35-,36-,37-,38-,39?,40?,43-,44-,45+,46+,47+,48-/m1/s1. The van der Waals surface area contributed by atoms with Crippen LogP contribution in [0.5, 0.6) is 0 Å². The van der Waals surface area contributed by atoms with E-state index in [1.807, 2.05) is 0 Å². The van der Waals surface area contributed by atoms with Crippen molar-refractivity contribution in [2.45, 2.75) is 221 Å². The van der Waals surface area contributed by atoms with Gasteiger partial charge in [-0.05, 0) is 0 Å². The zero-order valence-electron chi connectivity index (χ0n) is 46.3. The van der Waals surface area contributed by atoms with Gasteiger partial charge in [-0.1, -0.05) is 0 Å². The first-order valence-electron chi connectivity index (χ1n) is 27.9. The fourth-order valence-electron chi connectivity index (χ4n) is 11.1. The van der Waals surface area contributed by atoms with E-state index in [9.17, 15) is 107 Å². The van der Waals surface area contributed by atoms with E-state index in [1.54, 1.807) is 0 Å². The summed E-state index contributed by atoms with van der Waals surface area (Å²) >= 11 is 1.83. The smallest absolute Gasteiger partial charge is 0.321 e. The summed E-state index contributed by atoms with van der Waals surface area (Å²) in [5, 5.41) is 216. The second-order valence-electron chi connectivity index (χ2n) is 22.1. The Bertz CT molecular complexity index is 2190. The highest BCUT2D eigenvalue weighted by atomic mass is 32.2. The third-order valence-corrected chi connectivity index (χ3v) is 18.5. The molecule has 0 aromatic rings. The van der Waals surface area contributed by atoms with Crippen LogP contribution in [0.4, 0.5) is 0 Å². The highest BCUT2D eigenvalue weighted by Gasteiger charge is 2.61. The Morgan fingerprint density at radius 3 is 1.12 bits per heavy atom. The molecular weight excluding hydrogens is 1240 g/mol. The monoisotopic (exact) mass is 1320 g/mol. The first-order chi connectivity index (χ1) is 41.8. The molecule has 0 aliphatic carbocycles. The Labute approximate surface area is 507 Å². The Kier molecular flexibility index (Phi) is 26.0. The lowest BCUT2D eigenvalue weighted by atomic mass is 9.93. The van der Waals surface area contributed by atoms with E-state index in [4.69, 9.17) is 82.9 Å². The number of carboxylic acids is 2. The van der Waals surface area contributed by atoms with Crippen molar-refractivity contribution in [3.8, 4) is 0 Å². The molecule has 24 N–H and O–H groups in total. The molecule has 8 saturated heterocycles. The Morgan fingerprint density at radius 1 is 0.375 bits per heavy atom. The molecule has 36 atom stereocenters. The van der Waals surface area contributed by atoms with Gasteiger partial charge in [0.1, 0.15) is 171 Å². The summed E-state index contributed by atoms with van der Waals surface area (Å²) in [7, 11) is 0. The SMILES string of the molecule is N[C@H](CSCC1O[C@@H](O[C@@H]2C(CO)O[C@H](O[C@@H]3C(CO)O[C@H](O[C@@H]4C(CO)OCC(O)[C@H]4O)[C@@H](O)C3O)[C@@H](O)C2O)[C@@H](O)C(O)[C@@H]1O[C@@H]1OC(CO)[C@@H](O[C@@H]2OC(CO)[C@H]3O[C@H]4OC(CSC[C@@H](N)C(=O)O)[C@@H](O)[C@H](O)C4OC3[C@@H]2O)[C@H](O)C1O)C(=O)O. The van der Waals surface area contributed by atoms with Crippen LogP contribution in [0.1, 0.15) is 0 Å². The van der Waals surface area contributed by atoms with Crippen molar-refractivity contribution in [2.24, 2.45) is 11.5 Å². The fraction of sp³-hybridized carbons (Fsp3) is 0.958. The van der Waals surface area contributed by atoms with E-state index in [2.05, 4.69) is 0 Å². The zero-order chi connectivity index (χ0) is 64.3. The number of thioether (sulfide) groups is 2. The molecule has 0 saturated carbocycles. The molecule has 0 aromatic heterocycles. The lowest BCUT2D eigenvalue weighted by Crippen LogP contribution is -2.72. The maximum absolute atomic E-state index is 11.7. The molecule has 510 valence electrons. The molecule has 8 rings (SSSR count). The van der Waals surface area contributed by atoms with Crippen LogP contribution in [0.15, 0.2) is 0 Å². The second kappa shape index (κ2) is 31.7. The van der Waals surface area contributed by atoms with Crippen LogP contribution in [0.3, 0.4) is 0 Å². The van der Waals surface area contributed by atoms with Gasteiger partial charge in [0.25, 0.3) is 0 Å².